The second-order valence-electron chi connectivity index (χ2n) is 7.86. The molecule has 1 aromatic heterocycles. The van der Waals surface area contributed by atoms with Gasteiger partial charge in [0.2, 0.25) is 0 Å². The van der Waals surface area contributed by atoms with E-state index in [2.05, 4.69) is 4.90 Å². The number of alkyl halides is 3. The molecule has 4 rings (SSSR count). The summed E-state index contributed by atoms with van der Waals surface area (Å²) in [7, 11) is 0. The highest BCUT2D eigenvalue weighted by Crippen LogP contribution is 2.33. The van der Waals surface area contributed by atoms with E-state index in [0.29, 0.717) is 19.2 Å². The molecule has 0 unspecified atom stereocenters. The highest BCUT2D eigenvalue weighted by molar-refractivity contribution is 5.80. The number of carbonyl (C=O) groups is 2. The fraction of sp³-hybridized carbons (Fsp3) is 0.700. The molecular weight excluding hydrogens is 421 g/mol. The summed E-state index contributed by atoms with van der Waals surface area (Å²) in [6.07, 6.45) is -0.483. The van der Waals surface area contributed by atoms with Crippen molar-refractivity contribution in [3.63, 3.8) is 0 Å². The van der Waals surface area contributed by atoms with Crippen LogP contribution in [0.5, 0.6) is 0 Å². The van der Waals surface area contributed by atoms with Gasteiger partial charge in [-0.1, -0.05) is 0 Å². The summed E-state index contributed by atoms with van der Waals surface area (Å²) in [4.78, 5) is 29.4. The molecule has 4 heterocycles. The third-order valence-corrected chi connectivity index (χ3v) is 5.58. The Kier molecular flexibility index (Phi) is 7.60. The second-order valence-corrected chi connectivity index (χ2v) is 7.86. The number of nitrogens with zero attached hydrogens (tertiary/aromatic N) is 2. The Bertz CT molecular complexity index is 762. The maximum atomic E-state index is 12.6. The van der Waals surface area contributed by atoms with Crippen LogP contribution in [0, 0.1) is 6.92 Å². The van der Waals surface area contributed by atoms with E-state index >= 15 is 0 Å². The molecule has 0 spiro atoms. The molecule has 0 aliphatic carbocycles. The van der Waals surface area contributed by atoms with Crippen molar-refractivity contribution in [1.29, 1.82) is 0 Å². The Morgan fingerprint density at radius 1 is 1.16 bits per heavy atom. The fourth-order valence-corrected chi connectivity index (χ4v) is 4.09. The highest BCUT2D eigenvalue weighted by atomic mass is 19.4. The first-order valence-electron chi connectivity index (χ1n) is 10.3. The van der Waals surface area contributed by atoms with Crippen LogP contribution in [0.25, 0.3) is 0 Å². The van der Waals surface area contributed by atoms with Crippen LogP contribution in [0.4, 0.5) is 13.2 Å². The molecule has 174 valence electrons. The van der Waals surface area contributed by atoms with Gasteiger partial charge in [0.15, 0.2) is 0 Å². The number of hydrogen-bond donors (Lipinski definition) is 1. The summed E-state index contributed by atoms with van der Waals surface area (Å²) in [6, 6.07) is 4.45. The van der Waals surface area contributed by atoms with Gasteiger partial charge in [0.25, 0.3) is 5.91 Å². The third kappa shape index (κ3) is 6.20. The average Bonchev–Trinajstić information content (AvgIpc) is 3.33. The number of carbonyl (C=O) groups excluding carboxylic acids is 1. The van der Waals surface area contributed by atoms with Crippen LogP contribution in [-0.2, 0) is 25.7 Å². The summed E-state index contributed by atoms with van der Waals surface area (Å²) in [6.45, 7) is 5.12. The van der Waals surface area contributed by atoms with Crippen LogP contribution in [0.2, 0.25) is 0 Å². The number of hydrogen-bond acceptors (Lipinski definition) is 6. The molecule has 3 saturated heterocycles. The number of aliphatic carboxylic acids is 1. The van der Waals surface area contributed by atoms with Gasteiger partial charge in [-0.3, -0.25) is 14.5 Å². The van der Waals surface area contributed by atoms with Crippen LogP contribution in [0.15, 0.2) is 16.5 Å². The molecule has 11 heteroatoms. The summed E-state index contributed by atoms with van der Waals surface area (Å²) < 4.78 is 43.6. The van der Waals surface area contributed by atoms with Gasteiger partial charge in [-0.05, 0) is 51.2 Å². The molecular formula is C20H27F3N2O6. The highest BCUT2D eigenvalue weighted by Gasteiger charge is 2.43. The second kappa shape index (κ2) is 10.0. The van der Waals surface area contributed by atoms with E-state index in [0.717, 1.165) is 56.7 Å². The molecule has 3 fully saturated rings. The van der Waals surface area contributed by atoms with Gasteiger partial charge in [0, 0.05) is 19.1 Å². The van der Waals surface area contributed by atoms with Crippen molar-refractivity contribution in [1.82, 2.24) is 9.96 Å². The molecule has 0 aromatic carbocycles. The summed E-state index contributed by atoms with van der Waals surface area (Å²) in [5.41, 5.74) is 0. The van der Waals surface area contributed by atoms with Gasteiger partial charge in [0.1, 0.15) is 17.6 Å². The first-order chi connectivity index (χ1) is 14.6. The van der Waals surface area contributed by atoms with E-state index < -0.39 is 12.1 Å². The molecule has 8 nitrogen and oxygen atoms in total. The number of rotatable bonds is 3. The standard InChI is InChI=1S/C18H26N2O4.C2HF3O2/c1-13-4-5-14(23-13)12-19-10-8-16-15(19)6-7-17(24-16)18(21)20-9-2-3-11-22-20;3-2(4,5)1(6)7/h4-5,15-17H,2-3,6-12H2,1H3;(H,6,7)/t15-,16-,17+;/m1./s1. The predicted molar refractivity (Wildman–Crippen MR) is 101 cm³/mol. The number of furan rings is 1. The van der Waals surface area contributed by atoms with Crippen LogP contribution >= 0.6 is 0 Å². The SMILES string of the molecule is Cc1ccc(CN2CC[C@H]3O[C@H](C(=O)N4CCCCO4)CC[C@H]32)o1.O=C(O)C(F)(F)F. The average molecular weight is 448 g/mol. The van der Waals surface area contributed by atoms with Crippen LogP contribution in [0.1, 0.15) is 43.6 Å². The number of ether oxygens (including phenoxy) is 1. The molecule has 1 aromatic rings. The van der Waals surface area contributed by atoms with Crippen molar-refractivity contribution in [3.05, 3.63) is 23.7 Å². The summed E-state index contributed by atoms with van der Waals surface area (Å²) in [5.74, 6) is -0.790. The van der Waals surface area contributed by atoms with E-state index in [-0.39, 0.29) is 18.1 Å². The Morgan fingerprint density at radius 3 is 2.48 bits per heavy atom. The molecule has 0 saturated carbocycles. The number of halogens is 3. The monoisotopic (exact) mass is 448 g/mol. The van der Waals surface area contributed by atoms with Crippen LogP contribution in [0.3, 0.4) is 0 Å². The lowest BCUT2D eigenvalue weighted by molar-refractivity contribution is -0.213. The zero-order chi connectivity index (χ0) is 22.6. The number of amides is 1. The van der Waals surface area contributed by atoms with Crippen LogP contribution < -0.4 is 0 Å². The molecule has 3 aliphatic heterocycles. The molecule has 1 N–H and O–H groups in total. The minimum atomic E-state index is -5.08. The fourth-order valence-electron chi connectivity index (χ4n) is 4.09. The van der Waals surface area contributed by atoms with Gasteiger partial charge in [0.05, 0.1) is 19.3 Å². The number of fused-ring (bicyclic) bond motifs is 1. The lowest BCUT2D eigenvalue weighted by Crippen LogP contribution is -2.49. The van der Waals surface area contributed by atoms with E-state index in [1.165, 1.54) is 5.06 Å². The summed E-state index contributed by atoms with van der Waals surface area (Å²) in [5, 5.41) is 8.65. The molecule has 31 heavy (non-hydrogen) atoms. The Morgan fingerprint density at radius 2 is 1.90 bits per heavy atom. The molecule has 1 amide bonds. The molecule has 3 aliphatic rings. The van der Waals surface area contributed by atoms with Crippen molar-refractivity contribution < 1.29 is 41.9 Å². The number of hydroxylamine groups is 2. The topological polar surface area (TPSA) is 92.5 Å². The Balaban J connectivity index is 0.000000339. The summed E-state index contributed by atoms with van der Waals surface area (Å²) >= 11 is 0. The lowest BCUT2D eigenvalue weighted by Gasteiger charge is -2.37. The van der Waals surface area contributed by atoms with E-state index in [9.17, 15) is 18.0 Å². The van der Waals surface area contributed by atoms with Gasteiger partial charge in [-0.2, -0.15) is 13.2 Å². The van der Waals surface area contributed by atoms with Crippen molar-refractivity contribution in [2.45, 2.75) is 70.0 Å². The Labute approximate surface area is 177 Å². The van der Waals surface area contributed by atoms with Crippen LogP contribution in [-0.4, -0.2) is 71.1 Å². The maximum absolute atomic E-state index is 12.6. The lowest BCUT2D eigenvalue weighted by atomic mass is 9.98. The third-order valence-electron chi connectivity index (χ3n) is 5.58. The Hall–Kier alpha value is -2.11. The minimum absolute atomic E-state index is 0.00765. The van der Waals surface area contributed by atoms with E-state index in [1.54, 1.807) is 0 Å². The van der Waals surface area contributed by atoms with Crippen molar-refractivity contribution in [2.75, 3.05) is 19.7 Å². The number of likely N-dealkylation sites (tertiary alicyclic amines) is 1. The van der Waals surface area contributed by atoms with E-state index in [4.69, 9.17) is 23.9 Å². The van der Waals surface area contributed by atoms with Gasteiger partial charge in [-0.25, -0.2) is 9.86 Å². The number of carboxylic acids is 1. The van der Waals surface area contributed by atoms with Crippen molar-refractivity contribution in [3.8, 4) is 0 Å². The molecule has 0 radical (unpaired) electrons. The largest absolute Gasteiger partial charge is 0.490 e. The van der Waals surface area contributed by atoms with Gasteiger partial charge < -0.3 is 14.3 Å². The quantitative estimate of drug-likeness (QED) is 0.760. The number of carboxylic acid groups (broad SMARTS) is 1. The molecule has 0 bridgehead atoms. The minimum Gasteiger partial charge on any atom is -0.475 e. The van der Waals surface area contributed by atoms with Crippen molar-refractivity contribution in [2.24, 2.45) is 0 Å². The van der Waals surface area contributed by atoms with Gasteiger partial charge >= 0.3 is 12.1 Å². The zero-order valence-corrected chi connectivity index (χ0v) is 17.3. The maximum Gasteiger partial charge on any atom is 0.490 e. The first-order valence-corrected chi connectivity index (χ1v) is 10.3. The zero-order valence-electron chi connectivity index (χ0n) is 17.3. The number of aryl methyl sites for hydroxylation is 1. The van der Waals surface area contributed by atoms with Gasteiger partial charge in [-0.15, -0.1) is 0 Å². The predicted octanol–water partition coefficient (Wildman–Crippen LogP) is 2.90. The van der Waals surface area contributed by atoms with E-state index in [1.807, 2.05) is 19.1 Å². The smallest absolute Gasteiger partial charge is 0.475 e. The normalized spacial score (nSPS) is 26.7. The van der Waals surface area contributed by atoms with Crippen molar-refractivity contribution >= 4 is 11.9 Å². The first kappa shape index (κ1) is 23.6. The molecule has 3 atom stereocenters.